The average Bonchev–Trinajstić information content (AvgIpc) is 3.52. The minimum absolute atomic E-state index is 0.0181. The topological polar surface area (TPSA) is 46.2 Å². The van der Waals surface area contributed by atoms with Crippen molar-refractivity contribution in [3.63, 3.8) is 0 Å². The number of alkyl halides is 2. The predicted octanol–water partition coefficient (Wildman–Crippen LogP) is 7.16. The van der Waals surface area contributed by atoms with Crippen LogP contribution in [0.15, 0.2) is 36.4 Å². The molecule has 2 aromatic rings. The molecule has 2 aliphatic rings. The Morgan fingerprint density at radius 1 is 1.00 bits per heavy atom. The van der Waals surface area contributed by atoms with Gasteiger partial charge in [0.25, 0.3) is 0 Å². The van der Waals surface area contributed by atoms with Crippen LogP contribution >= 0.6 is 58.0 Å². The van der Waals surface area contributed by atoms with Gasteiger partial charge in [0.2, 0.25) is 5.91 Å². The van der Waals surface area contributed by atoms with E-state index in [2.05, 4.69) is 5.32 Å². The molecule has 0 spiro atoms. The van der Waals surface area contributed by atoms with Gasteiger partial charge < -0.3 is 5.32 Å². The summed E-state index contributed by atoms with van der Waals surface area (Å²) >= 11 is 31.1. The molecule has 0 aliphatic heterocycles. The van der Waals surface area contributed by atoms with Crippen LogP contribution in [-0.2, 0) is 4.79 Å². The second-order valence-electron chi connectivity index (χ2n) is 7.59. The molecule has 3 nitrogen and oxygen atoms in total. The SMILES string of the molecule is O=C(CC1CC1)c1cc(NC(=O)C2C(c3cc(Cl)cc(Cl)c3)C2(Cl)Cl)ccc1Cl. The van der Waals surface area contributed by atoms with E-state index in [-0.39, 0.29) is 11.7 Å². The lowest BCUT2D eigenvalue weighted by Gasteiger charge is -2.09. The average molecular weight is 492 g/mol. The normalized spacial score (nSPS) is 22.2. The third kappa shape index (κ3) is 4.55. The van der Waals surface area contributed by atoms with Crippen LogP contribution in [0.3, 0.4) is 0 Å². The number of hydrogen-bond donors (Lipinski definition) is 1. The number of ketones is 1. The molecule has 0 heterocycles. The van der Waals surface area contributed by atoms with Crippen LogP contribution in [0, 0.1) is 11.8 Å². The molecule has 2 aromatic carbocycles. The van der Waals surface area contributed by atoms with E-state index in [9.17, 15) is 9.59 Å². The minimum atomic E-state index is -1.27. The van der Waals surface area contributed by atoms with Crippen LogP contribution in [0.25, 0.3) is 0 Å². The van der Waals surface area contributed by atoms with Gasteiger partial charge in [0.05, 0.1) is 10.9 Å². The Labute approximate surface area is 193 Å². The number of amides is 1. The van der Waals surface area contributed by atoms with E-state index in [1.54, 1.807) is 36.4 Å². The predicted molar refractivity (Wildman–Crippen MR) is 119 cm³/mol. The van der Waals surface area contributed by atoms with Crippen molar-refractivity contribution in [2.45, 2.75) is 29.5 Å². The summed E-state index contributed by atoms with van der Waals surface area (Å²) in [6, 6.07) is 9.84. The molecule has 2 fully saturated rings. The van der Waals surface area contributed by atoms with Crippen molar-refractivity contribution in [2.24, 2.45) is 11.8 Å². The first-order chi connectivity index (χ1) is 13.7. The van der Waals surface area contributed by atoms with Crippen molar-refractivity contribution in [2.75, 3.05) is 5.32 Å². The van der Waals surface area contributed by atoms with Crippen molar-refractivity contribution < 1.29 is 9.59 Å². The standard InChI is InChI=1S/C21H16Cl5NO2/c22-12-6-11(7-13(23)8-12)18-19(21(18,25)26)20(29)27-14-3-4-16(24)15(9-14)17(28)5-10-1-2-10/h3-4,6-10,18-19H,1-2,5H2,(H,27,29). The van der Waals surface area contributed by atoms with Gasteiger partial charge in [-0.2, -0.15) is 0 Å². The molecule has 0 radical (unpaired) electrons. The molecular weight excluding hydrogens is 476 g/mol. The summed E-state index contributed by atoms with van der Waals surface area (Å²) in [4.78, 5) is 25.3. The Kier molecular flexibility index (Phi) is 5.82. The lowest BCUT2D eigenvalue weighted by Crippen LogP contribution is -2.17. The molecule has 0 bridgehead atoms. The highest BCUT2D eigenvalue weighted by molar-refractivity contribution is 6.53. The molecule has 152 valence electrons. The van der Waals surface area contributed by atoms with Crippen molar-refractivity contribution in [3.8, 4) is 0 Å². The van der Waals surface area contributed by atoms with E-state index in [1.165, 1.54) is 0 Å². The number of Topliss-reactive ketones (excluding diaryl/α,β-unsaturated/α-hetero) is 1. The van der Waals surface area contributed by atoms with Gasteiger partial charge in [0.1, 0.15) is 4.33 Å². The number of carbonyl (C=O) groups is 2. The number of halogens is 5. The first kappa shape index (κ1) is 21.3. The molecule has 8 heteroatoms. The fraction of sp³-hybridized carbons (Fsp3) is 0.333. The highest BCUT2D eigenvalue weighted by atomic mass is 35.5. The quantitative estimate of drug-likeness (QED) is 0.344. The first-order valence-corrected chi connectivity index (χ1v) is 11.0. The van der Waals surface area contributed by atoms with E-state index < -0.39 is 16.2 Å². The molecule has 2 atom stereocenters. The number of rotatable bonds is 6. The number of benzene rings is 2. The van der Waals surface area contributed by atoms with Gasteiger partial charge in [-0.3, -0.25) is 9.59 Å². The Hall–Kier alpha value is -0.970. The molecular formula is C21H16Cl5NO2. The van der Waals surface area contributed by atoms with Crippen LogP contribution in [0.5, 0.6) is 0 Å². The van der Waals surface area contributed by atoms with Gasteiger partial charge in [0.15, 0.2) is 5.78 Å². The van der Waals surface area contributed by atoms with Gasteiger partial charge in [-0.05, 0) is 60.7 Å². The van der Waals surface area contributed by atoms with Crippen molar-refractivity contribution in [1.82, 2.24) is 0 Å². The Balaban J connectivity index is 1.51. The van der Waals surface area contributed by atoms with Gasteiger partial charge >= 0.3 is 0 Å². The number of anilines is 1. The van der Waals surface area contributed by atoms with E-state index in [1.807, 2.05) is 0 Å². The fourth-order valence-corrected chi connectivity index (χ4v) is 5.15. The molecule has 0 saturated heterocycles. The third-order valence-corrected chi connectivity index (χ3v) is 6.99. The molecule has 1 amide bonds. The monoisotopic (exact) mass is 489 g/mol. The van der Waals surface area contributed by atoms with Crippen LogP contribution in [-0.4, -0.2) is 16.0 Å². The fourth-order valence-electron chi connectivity index (χ4n) is 3.55. The van der Waals surface area contributed by atoms with Crippen molar-refractivity contribution in [3.05, 3.63) is 62.6 Å². The lowest BCUT2D eigenvalue weighted by molar-refractivity contribution is -0.117. The molecule has 2 unspecified atom stereocenters. The summed E-state index contributed by atoms with van der Waals surface area (Å²) in [5.74, 6) is -1.04. The molecule has 1 N–H and O–H groups in total. The van der Waals surface area contributed by atoms with Gasteiger partial charge in [0, 0.05) is 33.6 Å². The van der Waals surface area contributed by atoms with Crippen LogP contribution in [0.2, 0.25) is 15.1 Å². The Bertz CT molecular complexity index is 982. The maximum Gasteiger partial charge on any atom is 0.231 e. The summed E-state index contributed by atoms with van der Waals surface area (Å²) in [6.45, 7) is 0. The molecule has 0 aromatic heterocycles. The lowest BCUT2D eigenvalue weighted by atomic mass is 10.0. The maximum atomic E-state index is 12.8. The van der Waals surface area contributed by atoms with E-state index in [0.717, 1.165) is 12.8 Å². The van der Waals surface area contributed by atoms with E-state index >= 15 is 0 Å². The summed E-state index contributed by atoms with van der Waals surface area (Å²) in [7, 11) is 0. The number of nitrogens with one attached hydrogen (secondary N) is 1. The minimum Gasteiger partial charge on any atom is -0.326 e. The van der Waals surface area contributed by atoms with Crippen LogP contribution in [0.4, 0.5) is 5.69 Å². The first-order valence-electron chi connectivity index (χ1n) is 9.14. The van der Waals surface area contributed by atoms with E-state index in [0.29, 0.717) is 44.2 Å². The summed E-state index contributed by atoms with van der Waals surface area (Å²) in [5, 5.41) is 4.05. The second-order valence-corrected chi connectivity index (χ2v) is 10.3. The van der Waals surface area contributed by atoms with Gasteiger partial charge in [-0.25, -0.2) is 0 Å². The zero-order chi connectivity index (χ0) is 20.9. The highest BCUT2D eigenvalue weighted by Gasteiger charge is 2.67. The van der Waals surface area contributed by atoms with Crippen molar-refractivity contribution in [1.29, 1.82) is 0 Å². The Morgan fingerprint density at radius 2 is 1.66 bits per heavy atom. The second kappa shape index (κ2) is 7.94. The zero-order valence-corrected chi connectivity index (χ0v) is 18.8. The van der Waals surface area contributed by atoms with Gasteiger partial charge in [-0.1, -0.05) is 34.8 Å². The van der Waals surface area contributed by atoms with Crippen molar-refractivity contribution >= 4 is 75.4 Å². The third-order valence-electron chi connectivity index (χ3n) is 5.29. The summed E-state index contributed by atoms with van der Waals surface area (Å²) < 4.78 is -1.27. The molecule has 2 aliphatic carbocycles. The van der Waals surface area contributed by atoms with Crippen LogP contribution in [0.1, 0.15) is 41.1 Å². The largest absolute Gasteiger partial charge is 0.326 e. The smallest absolute Gasteiger partial charge is 0.231 e. The molecule has 4 rings (SSSR count). The number of carbonyl (C=O) groups excluding carboxylic acids is 2. The molecule has 29 heavy (non-hydrogen) atoms. The maximum absolute atomic E-state index is 12.8. The Morgan fingerprint density at radius 3 is 2.28 bits per heavy atom. The molecule has 2 saturated carbocycles. The highest BCUT2D eigenvalue weighted by Crippen LogP contribution is 2.65. The van der Waals surface area contributed by atoms with Gasteiger partial charge in [-0.15, -0.1) is 23.2 Å². The summed E-state index contributed by atoms with van der Waals surface area (Å²) in [6.07, 6.45) is 2.62. The summed E-state index contributed by atoms with van der Waals surface area (Å²) in [5.41, 5.74) is 1.58. The zero-order valence-electron chi connectivity index (χ0n) is 15.0. The van der Waals surface area contributed by atoms with E-state index in [4.69, 9.17) is 58.0 Å². The van der Waals surface area contributed by atoms with Crippen LogP contribution < -0.4 is 5.32 Å². The number of hydrogen-bond acceptors (Lipinski definition) is 2.